The third kappa shape index (κ3) is 6.00. The zero-order valence-electron chi connectivity index (χ0n) is 21.7. The Morgan fingerprint density at radius 1 is 1.03 bits per heavy atom. The summed E-state index contributed by atoms with van der Waals surface area (Å²) in [4.78, 5) is 2.22. The van der Waals surface area contributed by atoms with Crippen molar-refractivity contribution in [1.82, 2.24) is 10.6 Å². The number of sulfone groups is 1. The molecule has 2 aromatic rings. The summed E-state index contributed by atoms with van der Waals surface area (Å²) in [6.07, 6.45) is 2.67. The molecule has 0 radical (unpaired) electrons. The van der Waals surface area contributed by atoms with Gasteiger partial charge in [-0.15, -0.1) is 0 Å². The molecule has 3 N–H and O–H groups in total. The summed E-state index contributed by atoms with van der Waals surface area (Å²) in [6.45, 7) is 5.41. The van der Waals surface area contributed by atoms with Crippen LogP contribution in [0.4, 0.5) is 5.69 Å². The Bertz CT molecular complexity index is 1060. The molecule has 2 atom stereocenters. The van der Waals surface area contributed by atoms with Crippen molar-refractivity contribution in [2.24, 2.45) is 0 Å². The fourth-order valence-electron chi connectivity index (χ4n) is 4.78. The molecule has 0 amide bonds. The minimum Gasteiger partial charge on any atom is -0.497 e. The van der Waals surface area contributed by atoms with Crippen LogP contribution in [0.5, 0.6) is 5.75 Å². The standard InChI is InChI=1S/C27H41N3O4S/c1-6-8-16-28-27(29-17-9-7-2)19-35(32,33)24-15-12-21(30(3)4)18-23(24)25(26(27)31)20-10-13-22(34-5)14-11-20/h10-15,18,25-26,28-29,31H,6-9,16-17,19H2,1-5H3/t25-,26-/m1/s1. The minimum atomic E-state index is -3.72. The Kier molecular flexibility index (Phi) is 9.21. The van der Waals surface area contributed by atoms with Gasteiger partial charge in [0.15, 0.2) is 9.84 Å². The second-order valence-corrected chi connectivity index (χ2v) is 11.6. The summed E-state index contributed by atoms with van der Waals surface area (Å²) in [6, 6.07) is 13.0. The van der Waals surface area contributed by atoms with Gasteiger partial charge >= 0.3 is 0 Å². The smallest absolute Gasteiger partial charge is 0.181 e. The molecule has 3 rings (SSSR count). The van der Waals surface area contributed by atoms with Crippen LogP contribution in [0.15, 0.2) is 47.4 Å². The van der Waals surface area contributed by atoms with E-state index in [9.17, 15) is 13.5 Å². The highest BCUT2D eigenvalue weighted by atomic mass is 32.2. The molecule has 7 nitrogen and oxygen atoms in total. The molecule has 0 bridgehead atoms. The first-order valence-electron chi connectivity index (χ1n) is 12.5. The van der Waals surface area contributed by atoms with Crippen LogP contribution in [0.2, 0.25) is 0 Å². The number of aliphatic hydroxyl groups is 1. The quantitative estimate of drug-likeness (QED) is 0.319. The molecule has 0 unspecified atom stereocenters. The zero-order valence-corrected chi connectivity index (χ0v) is 22.5. The first-order chi connectivity index (χ1) is 16.7. The number of aliphatic hydroxyl groups excluding tert-OH is 1. The van der Waals surface area contributed by atoms with Crippen LogP contribution in [-0.2, 0) is 9.84 Å². The molecule has 8 heteroatoms. The number of anilines is 1. The molecule has 0 aliphatic carbocycles. The predicted octanol–water partition coefficient (Wildman–Crippen LogP) is 3.52. The van der Waals surface area contributed by atoms with Crippen LogP contribution in [-0.4, -0.2) is 65.3 Å². The number of rotatable bonds is 11. The van der Waals surface area contributed by atoms with Crippen molar-refractivity contribution in [3.05, 3.63) is 53.6 Å². The Hall–Kier alpha value is -2.13. The molecule has 0 fully saturated rings. The number of fused-ring (bicyclic) bond motifs is 1. The second-order valence-electron chi connectivity index (χ2n) is 9.60. The molecule has 1 aliphatic rings. The average molecular weight is 504 g/mol. The Morgan fingerprint density at radius 3 is 2.14 bits per heavy atom. The number of hydrogen-bond donors (Lipinski definition) is 3. The molecular formula is C27H41N3O4S. The summed E-state index contributed by atoms with van der Waals surface area (Å²) in [5.41, 5.74) is 1.15. The Balaban J connectivity index is 2.24. The number of unbranched alkanes of at least 4 members (excludes halogenated alkanes) is 2. The van der Waals surface area contributed by atoms with Crippen LogP contribution in [0.25, 0.3) is 0 Å². The fraction of sp³-hybridized carbons (Fsp3) is 0.556. The van der Waals surface area contributed by atoms with Crippen molar-refractivity contribution in [2.75, 3.05) is 44.9 Å². The van der Waals surface area contributed by atoms with E-state index >= 15 is 0 Å². The zero-order chi connectivity index (χ0) is 25.6. The van der Waals surface area contributed by atoms with Gasteiger partial charge < -0.3 is 14.7 Å². The van der Waals surface area contributed by atoms with Crippen LogP contribution >= 0.6 is 0 Å². The lowest BCUT2D eigenvalue weighted by Gasteiger charge is -2.41. The normalized spacial score (nSPS) is 20.6. The molecule has 35 heavy (non-hydrogen) atoms. The van der Waals surface area contributed by atoms with E-state index in [1.165, 1.54) is 0 Å². The largest absolute Gasteiger partial charge is 0.497 e. The van der Waals surface area contributed by atoms with Crippen LogP contribution in [0.3, 0.4) is 0 Å². The number of hydrogen-bond acceptors (Lipinski definition) is 7. The first-order valence-corrected chi connectivity index (χ1v) is 14.2. The summed E-state index contributed by atoms with van der Waals surface area (Å²) < 4.78 is 33.0. The Labute approximate surface area is 210 Å². The van der Waals surface area contributed by atoms with Crippen molar-refractivity contribution >= 4 is 15.5 Å². The van der Waals surface area contributed by atoms with Gasteiger partial charge in [-0.1, -0.05) is 38.8 Å². The SMILES string of the molecule is CCCCNC1(NCCCC)CS(=O)(=O)c2ccc(N(C)C)cc2[C@@H](c2ccc(OC)cc2)[C@H]1O. The number of nitrogens with one attached hydrogen (secondary N) is 2. The van der Waals surface area contributed by atoms with Crippen molar-refractivity contribution in [2.45, 2.75) is 62.1 Å². The minimum absolute atomic E-state index is 0.227. The van der Waals surface area contributed by atoms with Gasteiger partial charge in [-0.05, 0) is 67.4 Å². The summed E-state index contributed by atoms with van der Waals surface area (Å²) in [5.74, 6) is -0.0771. The van der Waals surface area contributed by atoms with E-state index in [0.29, 0.717) is 24.4 Å². The van der Waals surface area contributed by atoms with Crippen molar-refractivity contribution < 1.29 is 18.3 Å². The molecule has 0 aromatic heterocycles. The van der Waals surface area contributed by atoms with Crippen LogP contribution in [0, 0.1) is 0 Å². The van der Waals surface area contributed by atoms with Crippen LogP contribution < -0.4 is 20.3 Å². The highest BCUT2D eigenvalue weighted by molar-refractivity contribution is 7.91. The maximum atomic E-state index is 13.9. The van der Waals surface area contributed by atoms with Crippen molar-refractivity contribution in [3.8, 4) is 5.75 Å². The maximum absolute atomic E-state index is 13.9. The van der Waals surface area contributed by atoms with Crippen LogP contribution in [0.1, 0.15) is 56.6 Å². The topological polar surface area (TPSA) is 90.9 Å². The third-order valence-electron chi connectivity index (χ3n) is 6.83. The van der Waals surface area contributed by atoms with Gasteiger partial charge in [0, 0.05) is 25.7 Å². The van der Waals surface area contributed by atoms with Gasteiger partial charge in [-0.2, -0.15) is 0 Å². The highest BCUT2D eigenvalue weighted by Gasteiger charge is 2.50. The predicted molar refractivity (Wildman–Crippen MR) is 142 cm³/mol. The second kappa shape index (κ2) is 11.7. The van der Waals surface area contributed by atoms with E-state index in [2.05, 4.69) is 24.5 Å². The van der Waals surface area contributed by atoms with Gasteiger partial charge in [-0.25, -0.2) is 8.42 Å². The molecule has 0 saturated heterocycles. The molecule has 0 spiro atoms. The summed E-state index contributed by atoms with van der Waals surface area (Å²) >= 11 is 0. The Morgan fingerprint density at radius 2 is 1.63 bits per heavy atom. The molecule has 1 heterocycles. The lowest BCUT2D eigenvalue weighted by Crippen LogP contribution is -2.68. The van der Waals surface area contributed by atoms with E-state index < -0.39 is 27.5 Å². The number of nitrogens with zero attached hydrogens (tertiary/aromatic N) is 1. The van der Waals surface area contributed by atoms with Gasteiger partial charge in [0.2, 0.25) is 0 Å². The molecule has 1 aliphatic heterocycles. The van der Waals surface area contributed by atoms with E-state index in [4.69, 9.17) is 4.74 Å². The van der Waals surface area contributed by atoms with Gasteiger partial charge in [-0.3, -0.25) is 10.6 Å². The maximum Gasteiger partial charge on any atom is 0.181 e. The lowest BCUT2D eigenvalue weighted by molar-refractivity contribution is 0.0377. The summed E-state index contributed by atoms with van der Waals surface area (Å²) in [5, 5.41) is 19.0. The number of benzene rings is 2. The monoisotopic (exact) mass is 503 g/mol. The van der Waals surface area contributed by atoms with E-state index in [-0.39, 0.29) is 10.6 Å². The van der Waals surface area contributed by atoms with Gasteiger partial charge in [0.25, 0.3) is 0 Å². The molecule has 2 aromatic carbocycles. The van der Waals surface area contributed by atoms with Gasteiger partial charge in [0.1, 0.15) is 11.4 Å². The number of ether oxygens (including phenoxy) is 1. The highest BCUT2D eigenvalue weighted by Crippen LogP contribution is 2.42. The van der Waals surface area contributed by atoms with Gasteiger partial charge in [0.05, 0.1) is 23.9 Å². The van der Waals surface area contributed by atoms with Crippen molar-refractivity contribution in [1.29, 1.82) is 0 Å². The van der Waals surface area contributed by atoms with E-state index in [1.54, 1.807) is 13.2 Å². The lowest BCUT2D eigenvalue weighted by atomic mass is 9.81. The fourth-order valence-corrected chi connectivity index (χ4v) is 6.73. The van der Waals surface area contributed by atoms with E-state index in [0.717, 1.165) is 36.9 Å². The summed E-state index contributed by atoms with van der Waals surface area (Å²) in [7, 11) is 1.74. The first kappa shape index (κ1) is 27.5. The third-order valence-corrected chi connectivity index (χ3v) is 8.71. The molecule has 0 saturated carbocycles. The van der Waals surface area contributed by atoms with Crippen molar-refractivity contribution in [3.63, 3.8) is 0 Å². The van der Waals surface area contributed by atoms with E-state index in [1.807, 2.05) is 55.4 Å². The average Bonchev–Trinajstić information content (AvgIpc) is 2.90. The number of methoxy groups -OCH3 is 1. The molecule has 194 valence electrons. The molecular weight excluding hydrogens is 462 g/mol.